The van der Waals surface area contributed by atoms with Gasteiger partial charge in [0.2, 0.25) is 0 Å². The van der Waals surface area contributed by atoms with Crippen molar-refractivity contribution in [2.75, 3.05) is 0 Å². The summed E-state index contributed by atoms with van der Waals surface area (Å²) >= 11 is 6.29. The molecule has 0 amide bonds. The third-order valence-electron chi connectivity index (χ3n) is 1.11. The van der Waals surface area contributed by atoms with E-state index in [-0.39, 0.29) is 0 Å². The van der Waals surface area contributed by atoms with Crippen LogP contribution in [-0.2, 0) is 6.54 Å². The van der Waals surface area contributed by atoms with E-state index in [4.69, 9.17) is 5.73 Å². The summed E-state index contributed by atoms with van der Waals surface area (Å²) in [6, 6.07) is 0. The number of nitrogens with one attached hydrogen (secondary N) is 1. The highest BCUT2D eigenvalue weighted by Crippen LogP contribution is 2.10. The summed E-state index contributed by atoms with van der Waals surface area (Å²) in [7, 11) is 0. The number of nitrogens with zero attached hydrogens (tertiary/aromatic N) is 1. The summed E-state index contributed by atoms with van der Waals surface area (Å²) in [4.78, 5) is 5.24. The second kappa shape index (κ2) is 3.64. The molecule has 1 aromatic rings. The molecule has 0 aliphatic rings. The smallest absolute Gasteiger partial charge is 0.163 e. The molecule has 0 saturated carbocycles. The van der Waals surface area contributed by atoms with Crippen LogP contribution in [0, 0.1) is 6.92 Å². The standard InChI is InChI=1S/C6H9N3S2/c1-4-8-2-5(11-4)3-9-6(7)10/h2H,3H2,1H3,(H3,7,9,10). The Kier molecular flexibility index (Phi) is 2.78. The Morgan fingerprint density at radius 3 is 3.09 bits per heavy atom. The number of hydrogen-bond acceptors (Lipinski definition) is 3. The number of thiocarbonyl (C=S) groups is 1. The number of thiazole rings is 1. The summed E-state index contributed by atoms with van der Waals surface area (Å²) in [5, 5.41) is 4.24. The van der Waals surface area contributed by atoms with Crippen molar-refractivity contribution in [1.82, 2.24) is 10.3 Å². The zero-order valence-electron chi connectivity index (χ0n) is 6.13. The van der Waals surface area contributed by atoms with E-state index in [0.717, 1.165) is 9.88 Å². The molecule has 1 rings (SSSR count). The Hall–Kier alpha value is -0.680. The van der Waals surface area contributed by atoms with Gasteiger partial charge in [-0.3, -0.25) is 0 Å². The monoisotopic (exact) mass is 187 g/mol. The largest absolute Gasteiger partial charge is 0.376 e. The van der Waals surface area contributed by atoms with Crippen molar-refractivity contribution in [1.29, 1.82) is 0 Å². The van der Waals surface area contributed by atoms with Crippen molar-refractivity contribution >= 4 is 28.7 Å². The molecule has 0 atom stereocenters. The van der Waals surface area contributed by atoms with Crippen molar-refractivity contribution in [3.8, 4) is 0 Å². The molecule has 0 unspecified atom stereocenters. The normalized spacial score (nSPS) is 9.55. The van der Waals surface area contributed by atoms with Crippen molar-refractivity contribution in [2.24, 2.45) is 5.73 Å². The van der Waals surface area contributed by atoms with Crippen molar-refractivity contribution in [3.63, 3.8) is 0 Å². The van der Waals surface area contributed by atoms with E-state index < -0.39 is 0 Å². The van der Waals surface area contributed by atoms with Crippen LogP contribution in [0.2, 0.25) is 0 Å². The molecular formula is C6H9N3S2. The fourth-order valence-electron chi connectivity index (χ4n) is 0.661. The predicted molar refractivity (Wildman–Crippen MR) is 50.5 cm³/mol. The van der Waals surface area contributed by atoms with Gasteiger partial charge < -0.3 is 11.1 Å². The lowest BCUT2D eigenvalue weighted by atomic mass is 10.5. The van der Waals surface area contributed by atoms with E-state index in [1.54, 1.807) is 11.3 Å². The van der Waals surface area contributed by atoms with Gasteiger partial charge in [-0.05, 0) is 19.1 Å². The topological polar surface area (TPSA) is 50.9 Å². The van der Waals surface area contributed by atoms with Crippen LogP contribution in [0.4, 0.5) is 0 Å². The second-order valence-electron chi connectivity index (χ2n) is 2.06. The molecule has 0 radical (unpaired) electrons. The van der Waals surface area contributed by atoms with Gasteiger partial charge in [-0.1, -0.05) is 0 Å². The predicted octanol–water partition coefficient (Wildman–Crippen LogP) is 0.785. The van der Waals surface area contributed by atoms with E-state index in [0.29, 0.717) is 11.7 Å². The van der Waals surface area contributed by atoms with Gasteiger partial charge in [0.05, 0.1) is 11.6 Å². The quantitative estimate of drug-likeness (QED) is 0.672. The van der Waals surface area contributed by atoms with E-state index in [1.807, 2.05) is 13.1 Å². The maximum absolute atomic E-state index is 5.25. The first-order valence-electron chi connectivity index (χ1n) is 3.13. The minimum Gasteiger partial charge on any atom is -0.376 e. The summed E-state index contributed by atoms with van der Waals surface area (Å²) < 4.78 is 0. The summed E-state index contributed by atoms with van der Waals surface area (Å²) in [6.07, 6.45) is 1.82. The minimum absolute atomic E-state index is 0.330. The molecule has 0 aliphatic heterocycles. The maximum atomic E-state index is 5.25. The van der Waals surface area contributed by atoms with Crippen LogP contribution in [0.15, 0.2) is 6.20 Å². The van der Waals surface area contributed by atoms with Crippen LogP contribution in [0.25, 0.3) is 0 Å². The zero-order chi connectivity index (χ0) is 8.27. The molecule has 5 heteroatoms. The lowest BCUT2D eigenvalue weighted by Crippen LogP contribution is -2.27. The Balaban J connectivity index is 2.45. The first kappa shape index (κ1) is 8.42. The van der Waals surface area contributed by atoms with E-state index in [1.165, 1.54) is 0 Å². The van der Waals surface area contributed by atoms with Gasteiger partial charge in [-0.15, -0.1) is 11.3 Å². The van der Waals surface area contributed by atoms with Crippen LogP contribution in [0.5, 0.6) is 0 Å². The first-order chi connectivity index (χ1) is 5.18. The number of aryl methyl sites for hydroxylation is 1. The highest BCUT2D eigenvalue weighted by Gasteiger charge is 1.96. The van der Waals surface area contributed by atoms with Gasteiger partial charge in [0.25, 0.3) is 0 Å². The number of rotatable bonds is 2. The van der Waals surface area contributed by atoms with E-state index >= 15 is 0 Å². The fourth-order valence-corrected chi connectivity index (χ4v) is 1.47. The number of hydrogen-bond donors (Lipinski definition) is 2. The summed E-state index contributed by atoms with van der Waals surface area (Å²) in [6.45, 7) is 2.65. The van der Waals surface area contributed by atoms with Crippen molar-refractivity contribution < 1.29 is 0 Å². The van der Waals surface area contributed by atoms with Gasteiger partial charge in [0, 0.05) is 11.1 Å². The molecule has 0 spiro atoms. The van der Waals surface area contributed by atoms with Gasteiger partial charge in [-0.2, -0.15) is 0 Å². The van der Waals surface area contributed by atoms with Crippen LogP contribution < -0.4 is 11.1 Å². The maximum Gasteiger partial charge on any atom is 0.163 e. The lowest BCUT2D eigenvalue weighted by molar-refractivity contribution is 0.936. The minimum atomic E-state index is 0.330. The van der Waals surface area contributed by atoms with Gasteiger partial charge in [0.15, 0.2) is 5.11 Å². The Morgan fingerprint density at radius 1 is 1.91 bits per heavy atom. The fraction of sp³-hybridized carbons (Fsp3) is 0.333. The average molecular weight is 187 g/mol. The lowest BCUT2D eigenvalue weighted by Gasteiger charge is -1.98. The van der Waals surface area contributed by atoms with E-state index in [2.05, 4.69) is 22.5 Å². The SMILES string of the molecule is Cc1ncc(CNC(N)=S)s1. The Morgan fingerprint density at radius 2 is 2.64 bits per heavy atom. The number of aromatic nitrogens is 1. The first-order valence-corrected chi connectivity index (χ1v) is 4.35. The molecule has 0 saturated heterocycles. The molecule has 1 heterocycles. The highest BCUT2D eigenvalue weighted by molar-refractivity contribution is 7.80. The molecule has 0 fully saturated rings. The van der Waals surface area contributed by atoms with Gasteiger partial charge in [-0.25, -0.2) is 4.98 Å². The van der Waals surface area contributed by atoms with Crippen LogP contribution >= 0.6 is 23.6 Å². The molecule has 0 bridgehead atoms. The molecule has 11 heavy (non-hydrogen) atoms. The second-order valence-corrected chi connectivity index (χ2v) is 3.82. The summed E-state index contributed by atoms with van der Waals surface area (Å²) in [5.41, 5.74) is 5.25. The zero-order valence-corrected chi connectivity index (χ0v) is 7.76. The van der Waals surface area contributed by atoms with Crippen molar-refractivity contribution in [2.45, 2.75) is 13.5 Å². The van der Waals surface area contributed by atoms with Crippen LogP contribution in [-0.4, -0.2) is 10.1 Å². The summed E-state index contributed by atoms with van der Waals surface area (Å²) in [5.74, 6) is 0. The van der Waals surface area contributed by atoms with E-state index in [9.17, 15) is 0 Å². The third kappa shape index (κ3) is 2.81. The van der Waals surface area contributed by atoms with Crippen LogP contribution in [0.1, 0.15) is 9.88 Å². The molecule has 0 aliphatic carbocycles. The molecule has 3 nitrogen and oxygen atoms in total. The van der Waals surface area contributed by atoms with Gasteiger partial charge in [0.1, 0.15) is 0 Å². The molecule has 60 valence electrons. The van der Waals surface area contributed by atoms with Crippen LogP contribution in [0.3, 0.4) is 0 Å². The Labute approximate surface area is 74.6 Å². The van der Waals surface area contributed by atoms with Gasteiger partial charge >= 0.3 is 0 Å². The molecular weight excluding hydrogens is 178 g/mol. The third-order valence-corrected chi connectivity index (χ3v) is 2.16. The van der Waals surface area contributed by atoms with Crippen molar-refractivity contribution in [3.05, 3.63) is 16.1 Å². The molecule has 1 aromatic heterocycles. The number of nitrogens with two attached hydrogens (primary N) is 1. The molecule has 0 aromatic carbocycles. The highest BCUT2D eigenvalue weighted by atomic mass is 32.1. The Bertz CT molecular complexity index is 256. The average Bonchev–Trinajstić information content (AvgIpc) is 2.31. The molecule has 3 N–H and O–H groups in total.